The Morgan fingerprint density at radius 2 is 2.22 bits per heavy atom. The molecule has 0 aliphatic heterocycles. The van der Waals surface area contributed by atoms with Gasteiger partial charge in [-0.25, -0.2) is 0 Å². The Labute approximate surface area is 106 Å². The number of rotatable bonds is 4. The van der Waals surface area contributed by atoms with Gasteiger partial charge < -0.3 is 15.8 Å². The van der Waals surface area contributed by atoms with Gasteiger partial charge in [0.25, 0.3) is 0 Å². The molecule has 0 saturated heterocycles. The van der Waals surface area contributed by atoms with E-state index in [1.54, 1.807) is 0 Å². The number of hydrogen-bond acceptors (Lipinski definition) is 2. The van der Waals surface area contributed by atoms with Gasteiger partial charge in [0.15, 0.2) is 0 Å². The molecule has 0 bridgehead atoms. The fourth-order valence-electron chi connectivity index (χ4n) is 2.47. The molecule has 96 valence electrons. The highest BCUT2D eigenvalue weighted by atomic mass is 16.4. The lowest BCUT2D eigenvalue weighted by Gasteiger charge is -2.18. The summed E-state index contributed by atoms with van der Waals surface area (Å²) in [7, 11) is 0. The van der Waals surface area contributed by atoms with Crippen LogP contribution in [0.4, 0.5) is 0 Å². The molecule has 18 heavy (non-hydrogen) atoms. The highest BCUT2D eigenvalue weighted by Crippen LogP contribution is 2.31. The van der Waals surface area contributed by atoms with E-state index in [4.69, 9.17) is 10.8 Å². The number of fused-ring (bicyclic) bond motifs is 1. The summed E-state index contributed by atoms with van der Waals surface area (Å²) in [5.41, 5.74) is 8.98. The van der Waals surface area contributed by atoms with E-state index in [1.807, 2.05) is 38.2 Å². The molecule has 4 nitrogen and oxygen atoms in total. The summed E-state index contributed by atoms with van der Waals surface area (Å²) in [6.07, 6.45) is 2.59. The van der Waals surface area contributed by atoms with Gasteiger partial charge in [0.05, 0.1) is 0 Å². The van der Waals surface area contributed by atoms with E-state index in [1.165, 1.54) is 0 Å². The molecular weight excluding hydrogens is 228 g/mol. The average Bonchev–Trinajstić information content (AvgIpc) is 2.75. The molecule has 0 radical (unpaired) electrons. The number of aromatic amines is 1. The number of H-pyrrole nitrogens is 1. The molecule has 0 amide bonds. The molecule has 0 unspecified atom stereocenters. The Kier molecular flexibility index (Phi) is 3.39. The number of carboxylic acids is 1. The van der Waals surface area contributed by atoms with Gasteiger partial charge in [0.2, 0.25) is 0 Å². The van der Waals surface area contributed by atoms with Crippen molar-refractivity contribution >= 4 is 16.9 Å². The van der Waals surface area contributed by atoms with Gasteiger partial charge in [-0.1, -0.05) is 25.1 Å². The third kappa shape index (κ3) is 1.99. The van der Waals surface area contributed by atoms with E-state index < -0.39 is 12.0 Å². The fraction of sp³-hybridized carbons (Fsp3) is 0.357. The maximum atomic E-state index is 11.1. The summed E-state index contributed by atoms with van der Waals surface area (Å²) in [5.74, 6) is -1.12. The van der Waals surface area contributed by atoms with Crippen molar-refractivity contribution in [1.82, 2.24) is 4.98 Å². The summed E-state index contributed by atoms with van der Waals surface area (Å²) >= 11 is 0. The van der Waals surface area contributed by atoms with Crippen molar-refractivity contribution in [3.63, 3.8) is 0 Å². The normalized spacial score (nSPS) is 14.6. The molecule has 4 heteroatoms. The Morgan fingerprint density at radius 1 is 1.50 bits per heavy atom. The Morgan fingerprint density at radius 3 is 2.83 bits per heavy atom. The first-order chi connectivity index (χ1) is 8.56. The zero-order valence-corrected chi connectivity index (χ0v) is 10.6. The summed E-state index contributed by atoms with van der Waals surface area (Å²) in [6, 6.07) is 5.15. The van der Waals surface area contributed by atoms with Crippen molar-refractivity contribution < 1.29 is 9.90 Å². The smallest absolute Gasteiger partial charge is 0.321 e. The second-order valence-corrected chi connectivity index (χ2v) is 4.62. The van der Waals surface area contributed by atoms with Crippen LogP contribution in [-0.2, 0) is 4.79 Å². The van der Waals surface area contributed by atoms with Crippen molar-refractivity contribution in [2.24, 2.45) is 5.73 Å². The summed E-state index contributed by atoms with van der Waals surface area (Å²) in [5, 5.41) is 10.1. The van der Waals surface area contributed by atoms with Gasteiger partial charge in [-0.15, -0.1) is 0 Å². The monoisotopic (exact) mass is 246 g/mol. The van der Waals surface area contributed by atoms with E-state index in [-0.39, 0.29) is 5.92 Å². The number of carbonyl (C=O) groups is 1. The van der Waals surface area contributed by atoms with Gasteiger partial charge >= 0.3 is 5.97 Å². The minimum Gasteiger partial charge on any atom is -0.480 e. The van der Waals surface area contributed by atoms with Crippen LogP contribution in [0.3, 0.4) is 0 Å². The Bertz CT molecular complexity index is 574. The predicted octanol–water partition coefficient (Wildman–Crippen LogP) is 2.38. The number of carboxylic acid groups (broad SMARTS) is 1. The quantitative estimate of drug-likeness (QED) is 0.775. The lowest BCUT2D eigenvalue weighted by atomic mass is 9.89. The number of benzene rings is 1. The minimum atomic E-state index is -0.955. The third-order valence-electron chi connectivity index (χ3n) is 3.51. The maximum absolute atomic E-state index is 11.1. The van der Waals surface area contributed by atoms with Crippen molar-refractivity contribution in [1.29, 1.82) is 0 Å². The van der Waals surface area contributed by atoms with Crippen LogP contribution in [0.2, 0.25) is 0 Å². The van der Waals surface area contributed by atoms with Gasteiger partial charge in [-0.3, -0.25) is 4.79 Å². The number of aryl methyl sites for hydroxylation is 1. The maximum Gasteiger partial charge on any atom is 0.321 e. The SMILES string of the molecule is CC[C@@H](c1c[nH]c2c(C)cccc12)[C@H](N)C(=O)O. The molecule has 0 saturated carbocycles. The lowest BCUT2D eigenvalue weighted by molar-refractivity contribution is -0.139. The first-order valence-corrected chi connectivity index (χ1v) is 6.11. The topological polar surface area (TPSA) is 79.1 Å². The number of nitrogens with two attached hydrogens (primary N) is 1. The van der Waals surface area contributed by atoms with Crippen LogP contribution in [0.1, 0.15) is 30.4 Å². The van der Waals surface area contributed by atoms with Crippen LogP contribution in [0.5, 0.6) is 0 Å². The third-order valence-corrected chi connectivity index (χ3v) is 3.51. The zero-order valence-electron chi connectivity index (χ0n) is 10.6. The molecule has 0 aliphatic rings. The van der Waals surface area contributed by atoms with Gasteiger partial charge in [-0.05, 0) is 24.5 Å². The van der Waals surface area contributed by atoms with Crippen LogP contribution in [-0.4, -0.2) is 22.1 Å². The number of nitrogens with one attached hydrogen (secondary N) is 1. The van der Waals surface area contributed by atoms with Crippen molar-refractivity contribution in [3.05, 3.63) is 35.5 Å². The predicted molar refractivity (Wildman–Crippen MR) is 71.7 cm³/mol. The highest BCUT2D eigenvalue weighted by molar-refractivity contribution is 5.87. The molecule has 1 aromatic heterocycles. The largest absolute Gasteiger partial charge is 0.480 e. The average molecular weight is 246 g/mol. The molecule has 1 heterocycles. The summed E-state index contributed by atoms with van der Waals surface area (Å²) in [4.78, 5) is 14.3. The van der Waals surface area contributed by atoms with Crippen molar-refractivity contribution in [2.75, 3.05) is 0 Å². The van der Waals surface area contributed by atoms with E-state index in [2.05, 4.69) is 4.98 Å². The first-order valence-electron chi connectivity index (χ1n) is 6.11. The molecule has 0 spiro atoms. The van der Waals surface area contributed by atoms with E-state index >= 15 is 0 Å². The Hall–Kier alpha value is -1.81. The standard InChI is InChI=1S/C14H18N2O2/c1-3-9(12(15)14(17)18)11-7-16-13-8(2)5-4-6-10(11)13/h4-7,9,12,16H,3,15H2,1-2H3,(H,17,18)/t9-,12-/m0/s1. The second-order valence-electron chi connectivity index (χ2n) is 4.62. The molecule has 1 aromatic carbocycles. The number of hydrogen-bond donors (Lipinski definition) is 3. The van der Waals surface area contributed by atoms with Crippen molar-refractivity contribution in [2.45, 2.75) is 32.2 Å². The molecule has 2 rings (SSSR count). The van der Waals surface area contributed by atoms with Gasteiger partial charge in [0.1, 0.15) is 6.04 Å². The van der Waals surface area contributed by atoms with Crippen LogP contribution >= 0.6 is 0 Å². The highest BCUT2D eigenvalue weighted by Gasteiger charge is 2.26. The van der Waals surface area contributed by atoms with E-state index in [0.717, 1.165) is 22.0 Å². The van der Waals surface area contributed by atoms with Crippen LogP contribution in [0.15, 0.2) is 24.4 Å². The second kappa shape index (κ2) is 4.82. The van der Waals surface area contributed by atoms with Gasteiger partial charge in [-0.2, -0.15) is 0 Å². The van der Waals surface area contributed by atoms with Crippen LogP contribution < -0.4 is 5.73 Å². The van der Waals surface area contributed by atoms with E-state index in [0.29, 0.717) is 6.42 Å². The number of aromatic nitrogens is 1. The zero-order chi connectivity index (χ0) is 13.3. The molecule has 0 fully saturated rings. The van der Waals surface area contributed by atoms with E-state index in [9.17, 15) is 4.79 Å². The number of aliphatic carboxylic acids is 1. The molecule has 4 N–H and O–H groups in total. The van der Waals surface area contributed by atoms with Gasteiger partial charge in [0, 0.05) is 23.0 Å². The van der Waals surface area contributed by atoms with Crippen LogP contribution in [0, 0.1) is 6.92 Å². The Balaban J connectivity index is 2.52. The lowest BCUT2D eigenvalue weighted by Crippen LogP contribution is -2.36. The summed E-state index contributed by atoms with van der Waals surface area (Å²) in [6.45, 7) is 3.99. The fourth-order valence-corrected chi connectivity index (χ4v) is 2.47. The first kappa shape index (κ1) is 12.6. The van der Waals surface area contributed by atoms with Crippen LogP contribution in [0.25, 0.3) is 10.9 Å². The summed E-state index contributed by atoms with van der Waals surface area (Å²) < 4.78 is 0. The molecule has 0 aliphatic carbocycles. The minimum absolute atomic E-state index is 0.168. The molecule has 2 aromatic rings. The number of para-hydroxylation sites is 1. The van der Waals surface area contributed by atoms with Crippen molar-refractivity contribution in [3.8, 4) is 0 Å². The molecular formula is C14H18N2O2. The molecule has 2 atom stereocenters.